The van der Waals surface area contributed by atoms with Crippen molar-refractivity contribution in [3.05, 3.63) is 29.3 Å². The molecule has 2 N–H and O–H groups in total. The maximum atomic E-state index is 12.3. The third-order valence-corrected chi connectivity index (χ3v) is 5.64. The van der Waals surface area contributed by atoms with E-state index in [1.165, 1.54) is 4.31 Å². The van der Waals surface area contributed by atoms with E-state index in [-0.39, 0.29) is 18.3 Å². The summed E-state index contributed by atoms with van der Waals surface area (Å²) in [5.74, 6) is -0.147. The average Bonchev–Trinajstić information content (AvgIpc) is 2.49. The van der Waals surface area contributed by atoms with E-state index in [4.69, 9.17) is 16.3 Å². The number of carbonyl (C=O) groups is 1. The first-order chi connectivity index (χ1) is 10.9. The van der Waals surface area contributed by atoms with Gasteiger partial charge in [0, 0.05) is 29.8 Å². The number of carbonyl (C=O) groups excluding carboxylic acids is 1. The van der Waals surface area contributed by atoms with Crippen molar-refractivity contribution in [3.63, 3.8) is 0 Å². The van der Waals surface area contributed by atoms with E-state index < -0.39 is 16.1 Å². The van der Waals surface area contributed by atoms with Crippen molar-refractivity contribution in [2.45, 2.75) is 13.0 Å². The molecule has 9 heteroatoms. The summed E-state index contributed by atoms with van der Waals surface area (Å²) in [6.07, 6.45) is 0. The lowest BCUT2D eigenvalue weighted by molar-refractivity contribution is 0.0393. The fourth-order valence-electron chi connectivity index (χ4n) is 2.24. The van der Waals surface area contributed by atoms with Crippen LogP contribution in [-0.2, 0) is 14.8 Å². The fourth-order valence-corrected chi connectivity index (χ4v) is 3.93. The lowest BCUT2D eigenvalue weighted by atomic mass is 10.3. The zero-order valence-corrected chi connectivity index (χ0v) is 14.4. The normalized spacial score (nSPS) is 19.3. The molecule has 2 amide bonds. The summed E-state index contributed by atoms with van der Waals surface area (Å²) < 4.78 is 31.2. The minimum Gasteiger partial charge on any atom is -0.378 e. The van der Waals surface area contributed by atoms with Crippen LogP contribution in [0.3, 0.4) is 0 Å². The number of nitrogens with zero attached hydrogens (tertiary/aromatic N) is 1. The van der Waals surface area contributed by atoms with Gasteiger partial charge in [0.15, 0.2) is 0 Å². The molecule has 23 heavy (non-hydrogen) atoms. The van der Waals surface area contributed by atoms with E-state index in [1.54, 1.807) is 31.2 Å². The van der Waals surface area contributed by atoms with Crippen LogP contribution in [0, 0.1) is 0 Å². The summed E-state index contributed by atoms with van der Waals surface area (Å²) in [5, 5.41) is 5.71. The van der Waals surface area contributed by atoms with Crippen molar-refractivity contribution in [1.82, 2.24) is 9.62 Å². The Bertz CT molecular complexity index is 636. The summed E-state index contributed by atoms with van der Waals surface area (Å²) in [5.41, 5.74) is 0.580. The Kier molecular flexibility index (Phi) is 6.23. The lowest BCUT2D eigenvalue weighted by Crippen LogP contribution is -2.49. The van der Waals surface area contributed by atoms with Crippen molar-refractivity contribution in [2.75, 3.05) is 37.4 Å². The van der Waals surface area contributed by atoms with Gasteiger partial charge in [0.25, 0.3) is 0 Å². The van der Waals surface area contributed by atoms with E-state index >= 15 is 0 Å². The Balaban J connectivity index is 1.79. The van der Waals surface area contributed by atoms with Gasteiger partial charge in [-0.3, -0.25) is 0 Å². The molecule has 0 aromatic heterocycles. The highest BCUT2D eigenvalue weighted by atomic mass is 35.5. The molecule has 1 unspecified atom stereocenters. The highest BCUT2D eigenvalue weighted by molar-refractivity contribution is 7.89. The van der Waals surface area contributed by atoms with Gasteiger partial charge in [0.2, 0.25) is 10.0 Å². The molecule has 1 aliphatic rings. The molecular formula is C14H20ClN3O4S. The van der Waals surface area contributed by atoms with Crippen molar-refractivity contribution in [2.24, 2.45) is 0 Å². The van der Waals surface area contributed by atoms with Gasteiger partial charge in [-0.2, -0.15) is 4.31 Å². The zero-order valence-electron chi connectivity index (χ0n) is 12.8. The van der Waals surface area contributed by atoms with Gasteiger partial charge in [-0.15, -0.1) is 0 Å². The van der Waals surface area contributed by atoms with E-state index in [1.807, 2.05) is 0 Å². The maximum Gasteiger partial charge on any atom is 0.319 e. The summed E-state index contributed by atoms with van der Waals surface area (Å²) in [4.78, 5) is 11.7. The monoisotopic (exact) mass is 361 g/mol. The second kappa shape index (κ2) is 7.96. The van der Waals surface area contributed by atoms with Crippen molar-refractivity contribution in [3.8, 4) is 0 Å². The molecule has 1 fully saturated rings. The molecule has 0 spiro atoms. The van der Waals surface area contributed by atoms with Crippen LogP contribution in [0.25, 0.3) is 0 Å². The number of amides is 2. The summed E-state index contributed by atoms with van der Waals surface area (Å²) >= 11 is 5.76. The van der Waals surface area contributed by atoms with Gasteiger partial charge in [0.1, 0.15) is 0 Å². The SMILES string of the molecule is CC1COCCN1S(=O)(=O)CCNC(=O)Nc1ccc(Cl)cc1. The number of sulfonamides is 1. The molecule has 1 heterocycles. The summed E-state index contributed by atoms with van der Waals surface area (Å²) in [6, 6.07) is 5.99. The molecule has 128 valence electrons. The fraction of sp³-hybridized carbons (Fsp3) is 0.500. The van der Waals surface area contributed by atoms with Gasteiger partial charge in [-0.25, -0.2) is 13.2 Å². The maximum absolute atomic E-state index is 12.3. The highest BCUT2D eigenvalue weighted by Gasteiger charge is 2.29. The van der Waals surface area contributed by atoms with Gasteiger partial charge in [0.05, 0.1) is 19.0 Å². The van der Waals surface area contributed by atoms with Crippen LogP contribution in [0.4, 0.5) is 10.5 Å². The number of urea groups is 1. The molecule has 1 aromatic carbocycles. The lowest BCUT2D eigenvalue weighted by Gasteiger charge is -2.32. The standard InChI is InChI=1S/C14H20ClN3O4S/c1-11-10-22-8-7-18(11)23(20,21)9-6-16-14(19)17-13-4-2-12(15)3-5-13/h2-5,11H,6-10H2,1H3,(H2,16,17,19). The minimum absolute atomic E-state index is 0.0336. The highest BCUT2D eigenvalue weighted by Crippen LogP contribution is 2.13. The summed E-state index contributed by atoms with van der Waals surface area (Å²) in [6.45, 7) is 2.97. The number of anilines is 1. The first kappa shape index (κ1) is 18.0. The van der Waals surface area contributed by atoms with Gasteiger partial charge >= 0.3 is 6.03 Å². The average molecular weight is 362 g/mol. The van der Waals surface area contributed by atoms with Gasteiger partial charge < -0.3 is 15.4 Å². The Labute approximate surface area is 141 Å². The number of ether oxygens (including phenoxy) is 1. The van der Waals surface area contributed by atoms with Crippen LogP contribution < -0.4 is 10.6 Å². The third kappa shape index (κ3) is 5.35. The number of nitrogens with one attached hydrogen (secondary N) is 2. The Morgan fingerprint density at radius 1 is 1.39 bits per heavy atom. The van der Waals surface area contributed by atoms with E-state index in [9.17, 15) is 13.2 Å². The molecule has 1 saturated heterocycles. The van der Waals surface area contributed by atoms with Crippen LogP contribution in [0.5, 0.6) is 0 Å². The van der Waals surface area contributed by atoms with E-state index in [2.05, 4.69) is 10.6 Å². The van der Waals surface area contributed by atoms with E-state index in [0.29, 0.717) is 30.5 Å². The Hall–Kier alpha value is -1.35. The first-order valence-corrected chi connectivity index (χ1v) is 9.25. The van der Waals surface area contributed by atoms with Crippen LogP contribution >= 0.6 is 11.6 Å². The molecule has 0 aliphatic carbocycles. The predicted molar refractivity (Wildman–Crippen MR) is 89.2 cm³/mol. The van der Waals surface area contributed by atoms with Gasteiger partial charge in [-0.05, 0) is 31.2 Å². The molecule has 1 atom stereocenters. The number of hydrogen-bond acceptors (Lipinski definition) is 4. The third-order valence-electron chi connectivity index (χ3n) is 3.41. The molecule has 0 bridgehead atoms. The molecule has 0 radical (unpaired) electrons. The van der Waals surface area contributed by atoms with E-state index in [0.717, 1.165) is 0 Å². The van der Waals surface area contributed by atoms with Crippen LogP contribution in [0.15, 0.2) is 24.3 Å². The number of morpholine rings is 1. The molecule has 1 aromatic rings. The minimum atomic E-state index is -3.41. The largest absolute Gasteiger partial charge is 0.378 e. The number of halogens is 1. The number of benzene rings is 1. The molecule has 7 nitrogen and oxygen atoms in total. The number of hydrogen-bond donors (Lipinski definition) is 2. The quantitative estimate of drug-likeness (QED) is 0.832. The Morgan fingerprint density at radius 3 is 2.74 bits per heavy atom. The predicted octanol–water partition coefficient (Wildman–Crippen LogP) is 1.51. The molecule has 2 rings (SSSR count). The topological polar surface area (TPSA) is 87.7 Å². The van der Waals surface area contributed by atoms with Crippen molar-refractivity contribution < 1.29 is 17.9 Å². The second-order valence-electron chi connectivity index (χ2n) is 5.24. The zero-order chi connectivity index (χ0) is 16.9. The van der Waals surface area contributed by atoms with Crippen LogP contribution in [0.2, 0.25) is 5.02 Å². The van der Waals surface area contributed by atoms with Crippen molar-refractivity contribution in [1.29, 1.82) is 0 Å². The smallest absolute Gasteiger partial charge is 0.319 e. The number of rotatable bonds is 5. The van der Waals surface area contributed by atoms with Crippen molar-refractivity contribution >= 4 is 33.3 Å². The summed E-state index contributed by atoms with van der Waals surface area (Å²) in [7, 11) is -3.41. The van der Waals surface area contributed by atoms with Crippen LogP contribution in [-0.4, -0.2) is 56.9 Å². The molecular weight excluding hydrogens is 342 g/mol. The first-order valence-electron chi connectivity index (χ1n) is 7.26. The Morgan fingerprint density at radius 2 is 2.09 bits per heavy atom. The van der Waals surface area contributed by atoms with Gasteiger partial charge in [-0.1, -0.05) is 11.6 Å². The second-order valence-corrected chi connectivity index (χ2v) is 7.72. The van der Waals surface area contributed by atoms with Crippen LogP contribution in [0.1, 0.15) is 6.92 Å². The molecule has 1 aliphatic heterocycles. The molecule has 0 saturated carbocycles.